The predicted octanol–water partition coefficient (Wildman–Crippen LogP) is 14.6. The van der Waals surface area contributed by atoms with Gasteiger partial charge in [-0.15, -0.1) is 0 Å². The molecule has 0 aliphatic heterocycles. The van der Waals surface area contributed by atoms with Crippen LogP contribution < -0.4 is 0 Å². The third kappa shape index (κ3) is 3.82. The number of para-hydroxylation sites is 2. The number of hydrogen-bond donors (Lipinski definition) is 0. The molecular formula is C51H32O2. The fourth-order valence-corrected chi connectivity index (χ4v) is 9.76. The van der Waals surface area contributed by atoms with Gasteiger partial charge in [0.1, 0.15) is 22.3 Å². The Balaban J connectivity index is 1.09. The van der Waals surface area contributed by atoms with E-state index < -0.39 is 0 Å². The van der Waals surface area contributed by atoms with E-state index in [1.807, 2.05) is 18.2 Å². The van der Waals surface area contributed by atoms with Crippen molar-refractivity contribution in [3.63, 3.8) is 0 Å². The molecule has 12 rings (SSSR count). The average Bonchev–Trinajstić information content (AvgIpc) is 3.84. The fraction of sp³-hybridized carbons (Fsp3) is 0.0588. The SMILES string of the molecule is CC1(C)c2ccc(-c3c4ccccc4c(-c4ccc5c(c4)oc4ccccc45)c4ccccc34)cc2-c2ccc3c(ccc4oc5ccccc5c43)c21. The standard InChI is InChI=1S/C51H32O2/c1-51(2)42-25-20-29(27-41(42)39-23-22-37-38(50(39)51)24-26-45-49(37)40-16-8-10-18-44(40)52-45)47-33-12-3-5-14-35(33)48(36-15-6-4-13-34(36)47)30-19-21-32-31-11-7-9-17-43(31)53-46(32)28-30/h3-28H,1-2H3. The Kier molecular flexibility index (Phi) is 5.60. The van der Waals surface area contributed by atoms with Crippen molar-refractivity contribution in [2.45, 2.75) is 19.3 Å². The first-order valence-corrected chi connectivity index (χ1v) is 18.4. The van der Waals surface area contributed by atoms with E-state index in [0.717, 1.165) is 38.7 Å². The number of benzene rings is 9. The Morgan fingerprint density at radius 2 is 0.868 bits per heavy atom. The molecule has 0 bridgehead atoms. The highest BCUT2D eigenvalue weighted by Crippen LogP contribution is 2.54. The van der Waals surface area contributed by atoms with Crippen LogP contribution >= 0.6 is 0 Å². The number of hydrogen-bond acceptors (Lipinski definition) is 2. The van der Waals surface area contributed by atoms with E-state index in [9.17, 15) is 0 Å². The second kappa shape index (κ2) is 10.2. The van der Waals surface area contributed by atoms with Gasteiger partial charge in [-0.2, -0.15) is 0 Å². The van der Waals surface area contributed by atoms with Gasteiger partial charge >= 0.3 is 0 Å². The summed E-state index contributed by atoms with van der Waals surface area (Å²) in [5, 5.41) is 12.2. The molecule has 0 atom stereocenters. The highest BCUT2D eigenvalue weighted by molar-refractivity contribution is 6.23. The summed E-state index contributed by atoms with van der Waals surface area (Å²) in [5.41, 5.74) is 13.8. The van der Waals surface area contributed by atoms with Crippen LogP contribution in [0.1, 0.15) is 25.0 Å². The van der Waals surface area contributed by atoms with Crippen molar-refractivity contribution in [2.24, 2.45) is 0 Å². The summed E-state index contributed by atoms with van der Waals surface area (Å²) in [6, 6.07) is 57.5. The van der Waals surface area contributed by atoms with Gasteiger partial charge in [0.05, 0.1) is 0 Å². The first-order chi connectivity index (χ1) is 26.0. The lowest BCUT2D eigenvalue weighted by Crippen LogP contribution is -2.15. The first-order valence-electron chi connectivity index (χ1n) is 18.4. The molecule has 2 aromatic heterocycles. The van der Waals surface area contributed by atoms with E-state index in [1.54, 1.807) is 0 Å². The molecule has 2 heteroatoms. The monoisotopic (exact) mass is 676 g/mol. The second-order valence-electron chi connectivity index (χ2n) is 15.2. The Hall–Kier alpha value is -6.64. The summed E-state index contributed by atoms with van der Waals surface area (Å²) in [4.78, 5) is 0. The van der Waals surface area contributed by atoms with Crippen molar-refractivity contribution >= 4 is 76.2 Å². The Morgan fingerprint density at radius 3 is 1.57 bits per heavy atom. The third-order valence-electron chi connectivity index (χ3n) is 12.0. The van der Waals surface area contributed by atoms with Crippen LogP contribution in [0.2, 0.25) is 0 Å². The summed E-state index contributed by atoms with van der Waals surface area (Å²) in [7, 11) is 0. The number of fused-ring (bicyclic) bond motifs is 14. The van der Waals surface area contributed by atoms with Crippen molar-refractivity contribution in [3.05, 3.63) is 169 Å². The molecule has 53 heavy (non-hydrogen) atoms. The lowest BCUT2D eigenvalue weighted by atomic mass is 9.79. The highest BCUT2D eigenvalue weighted by atomic mass is 16.3. The molecule has 248 valence electrons. The van der Waals surface area contributed by atoms with Crippen LogP contribution in [0.4, 0.5) is 0 Å². The topological polar surface area (TPSA) is 26.3 Å². The van der Waals surface area contributed by atoms with E-state index >= 15 is 0 Å². The lowest BCUT2D eigenvalue weighted by Gasteiger charge is -2.23. The molecule has 0 spiro atoms. The summed E-state index contributed by atoms with van der Waals surface area (Å²) in [6.45, 7) is 4.76. The fourth-order valence-electron chi connectivity index (χ4n) is 9.76. The molecule has 0 saturated carbocycles. The van der Waals surface area contributed by atoms with E-state index in [4.69, 9.17) is 8.83 Å². The maximum Gasteiger partial charge on any atom is 0.136 e. The van der Waals surface area contributed by atoms with Crippen LogP contribution in [-0.4, -0.2) is 0 Å². The molecule has 0 radical (unpaired) electrons. The Labute approximate surface area is 305 Å². The van der Waals surface area contributed by atoms with Gasteiger partial charge in [0, 0.05) is 27.0 Å². The first kappa shape index (κ1) is 29.0. The third-order valence-corrected chi connectivity index (χ3v) is 12.0. The predicted molar refractivity (Wildman–Crippen MR) is 222 cm³/mol. The number of furan rings is 2. The molecule has 11 aromatic rings. The summed E-state index contributed by atoms with van der Waals surface area (Å²) < 4.78 is 12.7. The molecule has 1 aliphatic carbocycles. The van der Waals surface area contributed by atoms with Gasteiger partial charge < -0.3 is 8.83 Å². The Bertz CT molecular complexity index is 3310. The zero-order valence-electron chi connectivity index (χ0n) is 29.3. The largest absolute Gasteiger partial charge is 0.456 e. The summed E-state index contributed by atoms with van der Waals surface area (Å²) in [6.07, 6.45) is 0. The van der Waals surface area contributed by atoms with Gasteiger partial charge in [0.15, 0.2) is 0 Å². The summed E-state index contributed by atoms with van der Waals surface area (Å²) in [5.74, 6) is 0. The van der Waals surface area contributed by atoms with Gasteiger partial charge in [-0.1, -0.05) is 135 Å². The minimum absolute atomic E-state index is 0.167. The van der Waals surface area contributed by atoms with Gasteiger partial charge in [-0.3, -0.25) is 0 Å². The van der Waals surface area contributed by atoms with Crippen molar-refractivity contribution in [1.29, 1.82) is 0 Å². The average molecular weight is 677 g/mol. The molecule has 0 amide bonds. The summed E-state index contributed by atoms with van der Waals surface area (Å²) >= 11 is 0. The highest BCUT2D eigenvalue weighted by Gasteiger charge is 2.37. The van der Waals surface area contributed by atoms with Gasteiger partial charge in [-0.05, 0) is 113 Å². The van der Waals surface area contributed by atoms with Crippen molar-refractivity contribution in [1.82, 2.24) is 0 Å². The van der Waals surface area contributed by atoms with Crippen LogP contribution in [0.5, 0.6) is 0 Å². The smallest absolute Gasteiger partial charge is 0.136 e. The van der Waals surface area contributed by atoms with Gasteiger partial charge in [-0.25, -0.2) is 0 Å². The molecule has 0 saturated heterocycles. The number of rotatable bonds is 2. The normalized spacial score (nSPS) is 13.6. The molecule has 0 fully saturated rings. The van der Waals surface area contributed by atoms with E-state index in [1.165, 1.54) is 82.0 Å². The Morgan fingerprint density at radius 1 is 0.358 bits per heavy atom. The zero-order chi connectivity index (χ0) is 35.0. The maximum absolute atomic E-state index is 6.38. The van der Waals surface area contributed by atoms with E-state index in [0.29, 0.717) is 0 Å². The van der Waals surface area contributed by atoms with Gasteiger partial charge in [0.25, 0.3) is 0 Å². The van der Waals surface area contributed by atoms with Crippen LogP contribution in [0.15, 0.2) is 167 Å². The molecule has 0 N–H and O–H groups in total. The molecular weight excluding hydrogens is 645 g/mol. The van der Waals surface area contributed by atoms with Crippen molar-refractivity contribution < 1.29 is 8.83 Å². The maximum atomic E-state index is 6.38. The molecule has 2 heterocycles. The lowest BCUT2D eigenvalue weighted by molar-refractivity contribution is 0.665. The molecule has 2 nitrogen and oxygen atoms in total. The van der Waals surface area contributed by atoms with Gasteiger partial charge in [0.2, 0.25) is 0 Å². The van der Waals surface area contributed by atoms with E-state index in [2.05, 4.69) is 153 Å². The van der Waals surface area contributed by atoms with Crippen LogP contribution in [0.3, 0.4) is 0 Å². The van der Waals surface area contributed by atoms with Crippen LogP contribution in [-0.2, 0) is 5.41 Å². The zero-order valence-corrected chi connectivity index (χ0v) is 29.3. The minimum atomic E-state index is -0.167. The minimum Gasteiger partial charge on any atom is -0.456 e. The van der Waals surface area contributed by atoms with Crippen LogP contribution in [0.25, 0.3) is 110 Å². The molecule has 0 unspecified atom stereocenters. The van der Waals surface area contributed by atoms with Crippen LogP contribution in [0, 0.1) is 0 Å². The van der Waals surface area contributed by atoms with Crippen molar-refractivity contribution in [2.75, 3.05) is 0 Å². The molecule has 9 aromatic carbocycles. The second-order valence-corrected chi connectivity index (χ2v) is 15.2. The quantitative estimate of drug-likeness (QED) is 0.170. The van der Waals surface area contributed by atoms with E-state index in [-0.39, 0.29) is 5.41 Å². The van der Waals surface area contributed by atoms with Crippen molar-refractivity contribution in [3.8, 4) is 33.4 Å². The molecule has 1 aliphatic rings.